The van der Waals surface area contributed by atoms with Gasteiger partial charge in [0.2, 0.25) is 0 Å². The summed E-state index contributed by atoms with van der Waals surface area (Å²) in [5.41, 5.74) is 1.25. The van der Waals surface area contributed by atoms with E-state index in [0.717, 1.165) is 5.69 Å². The van der Waals surface area contributed by atoms with Crippen molar-refractivity contribution in [3.63, 3.8) is 0 Å². The van der Waals surface area contributed by atoms with E-state index >= 15 is 0 Å². The Kier molecular flexibility index (Phi) is 3.40. The van der Waals surface area contributed by atoms with Gasteiger partial charge in [-0.3, -0.25) is 9.82 Å². The van der Waals surface area contributed by atoms with Gasteiger partial charge in [0.25, 0.3) is 10.0 Å². The Bertz CT molecular complexity index is 680. The molecule has 0 unspecified atom stereocenters. The minimum absolute atomic E-state index is 0.105. The number of aromatic nitrogens is 3. The van der Waals surface area contributed by atoms with Crippen molar-refractivity contribution in [2.45, 2.75) is 38.0 Å². The van der Waals surface area contributed by atoms with Gasteiger partial charge < -0.3 is 0 Å². The number of aromatic amines is 1. The molecule has 0 aliphatic carbocycles. The van der Waals surface area contributed by atoms with Crippen LogP contribution in [0.5, 0.6) is 0 Å². The van der Waals surface area contributed by atoms with Crippen LogP contribution in [0.1, 0.15) is 32.2 Å². The first kappa shape index (κ1) is 14.0. The van der Waals surface area contributed by atoms with Crippen molar-refractivity contribution in [1.29, 1.82) is 0 Å². The summed E-state index contributed by atoms with van der Waals surface area (Å²) in [6.45, 7) is 7.74. The number of rotatable bonds is 3. The second kappa shape index (κ2) is 4.61. The average molecular weight is 300 g/mol. The SMILES string of the molecule is Cc1[nH]ncc1S(=O)(=O)Nc1nc(C(C)(C)C)cs1. The fourth-order valence-electron chi connectivity index (χ4n) is 1.45. The maximum Gasteiger partial charge on any atom is 0.267 e. The largest absolute Gasteiger partial charge is 0.281 e. The molecule has 2 heterocycles. The van der Waals surface area contributed by atoms with Gasteiger partial charge in [0.15, 0.2) is 5.13 Å². The zero-order valence-corrected chi connectivity index (χ0v) is 12.8. The normalized spacial score (nSPS) is 12.6. The number of nitrogens with zero attached hydrogens (tertiary/aromatic N) is 2. The van der Waals surface area contributed by atoms with E-state index in [-0.39, 0.29) is 10.3 Å². The molecular weight excluding hydrogens is 284 g/mol. The molecule has 8 heteroatoms. The Balaban J connectivity index is 2.27. The van der Waals surface area contributed by atoms with Gasteiger partial charge in [0, 0.05) is 10.8 Å². The van der Waals surface area contributed by atoms with E-state index in [9.17, 15) is 8.42 Å². The Morgan fingerprint density at radius 1 is 1.37 bits per heavy atom. The smallest absolute Gasteiger partial charge is 0.267 e. The molecule has 0 atom stereocenters. The van der Waals surface area contributed by atoms with Crippen molar-refractivity contribution in [2.75, 3.05) is 4.72 Å². The highest BCUT2D eigenvalue weighted by Crippen LogP contribution is 2.27. The molecule has 19 heavy (non-hydrogen) atoms. The predicted molar refractivity (Wildman–Crippen MR) is 74.9 cm³/mol. The molecule has 2 aromatic rings. The van der Waals surface area contributed by atoms with E-state index in [0.29, 0.717) is 10.8 Å². The summed E-state index contributed by atoms with van der Waals surface area (Å²) in [7, 11) is -3.63. The lowest BCUT2D eigenvalue weighted by atomic mass is 9.93. The Hall–Kier alpha value is -1.41. The first-order chi connectivity index (χ1) is 8.70. The standard InChI is InChI=1S/C11H16N4O2S2/c1-7-8(5-12-14-7)19(16,17)15-10-13-9(6-18-10)11(2,3)4/h5-6H,1-4H3,(H,12,14)(H,13,15). The van der Waals surface area contributed by atoms with Gasteiger partial charge >= 0.3 is 0 Å². The van der Waals surface area contributed by atoms with E-state index in [1.165, 1.54) is 17.5 Å². The summed E-state index contributed by atoms with van der Waals surface area (Å²) in [4.78, 5) is 4.44. The fraction of sp³-hybridized carbons (Fsp3) is 0.455. The number of aryl methyl sites for hydroxylation is 1. The van der Waals surface area contributed by atoms with Gasteiger partial charge in [-0.2, -0.15) is 5.10 Å². The third-order valence-electron chi connectivity index (χ3n) is 2.57. The monoisotopic (exact) mass is 300 g/mol. The molecule has 2 rings (SSSR count). The maximum absolute atomic E-state index is 12.1. The lowest BCUT2D eigenvalue weighted by Crippen LogP contribution is -2.15. The van der Waals surface area contributed by atoms with E-state index in [2.05, 4.69) is 19.9 Å². The lowest BCUT2D eigenvalue weighted by molar-refractivity contribution is 0.573. The van der Waals surface area contributed by atoms with Gasteiger partial charge in [-0.15, -0.1) is 11.3 Å². The Morgan fingerprint density at radius 3 is 2.53 bits per heavy atom. The highest BCUT2D eigenvalue weighted by molar-refractivity contribution is 7.93. The van der Waals surface area contributed by atoms with Gasteiger partial charge in [0.05, 0.1) is 17.6 Å². The van der Waals surface area contributed by atoms with Crippen LogP contribution >= 0.6 is 11.3 Å². The van der Waals surface area contributed by atoms with E-state index in [1.807, 2.05) is 26.2 Å². The molecular formula is C11H16N4O2S2. The third-order valence-corrected chi connectivity index (χ3v) is 4.91. The minimum Gasteiger partial charge on any atom is -0.281 e. The van der Waals surface area contributed by atoms with Crippen molar-refractivity contribution in [3.05, 3.63) is 23.0 Å². The summed E-state index contributed by atoms with van der Waals surface area (Å²) in [5.74, 6) is 0. The van der Waals surface area contributed by atoms with Crippen molar-refractivity contribution in [3.8, 4) is 0 Å². The molecule has 104 valence electrons. The quantitative estimate of drug-likeness (QED) is 0.910. The van der Waals surface area contributed by atoms with Crippen molar-refractivity contribution in [2.24, 2.45) is 0 Å². The van der Waals surface area contributed by atoms with Crippen molar-refractivity contribution >= 4 is 26.5 Å². The molecule has 0 fully saturated rings. The molecule has 6 nitrogen and oxygen atoms in total. The number of H-pyrrole nitrogens is 1. The van der Waals surface area contributed by atoms with Gasteiger partial charge in [-0.25, -0.2) is 13.4 Å². The van der Waals surface area contributed by atoms with Gasteiger partial charge in [-0.05, 0) is 6.92 Å². The molecule has 0 radical (unpaired) electrons. The van der Waals surface area contributed by atoms with Crippen LogP contribution in [0.4, 0.5) is 5.13 Å². The number of hydrogen-bond acceptors (Lipinski definition) is 5. The molecule has 2 aromatic heterocycles. The van der Waals surface area contributed by atoms with Crippen LogP contribution in [0.25, 0.3) is 0 Å². The summed E-state index contributed by atoms with van der Waals surface area (Å²) in [5, 5.41) is 8.54. The molecule has 0 aliphatic heterocycles. The zero-order valence-electron chi connectivity index (χ0n) is 11.2. The van der Waals surface area contributed by atoms with Crippen LogP contribution in [0.15, 0.2) is 16.5 Å². The van der Waals surface area contributed by atoms with E-state index in [1.54, 1.807) is 6.92 Å². The molecule has 0 saturated carbocycles. The summed E-state index contributed by atoms with van der Waals surface area (Å²) in [6.07, 6.45) is 1.29. The lowest BCUT2D eigenvalue weighted by Gasteiger charge is -2.14. The Labute approximate surface area is 116 Å². The highest BCUT2D eigenvalue weighted by atomic mass is 32.2. The van der Waals surface area contributed by atoms with Crippen LogP contribution in [0, 0.1) is 6.92 Å². The number of hydrogen-bond donors (Lipinski definition) is 2. The van der Waals surface area contributed by atoms with E-state index in [4.69, 9.17) is 0 Å². The second-order valence-electron chi connectivity index (χ2n) is 5.25. The molecule has 2 N–H and O–H groups in total. The van der Waals surface area contributed by atoms with Crippen LogP contribution in [-0.4, -0.2) is 23.6 Å². The summed E-state index contributed by atoms with van der Waals surface area (Å²) < 4.78 is 26.7. The topological polar surface area (TPSA) is 87.7 Å². The van der Waals surface area contributed by atoms with Gasteiger partial charge in [0.1, 0.15) is 4.90 Å². The number of sulfonamides is 1. The van der Waals surface area contributed by atoms with Crippen LogP contribution in [0.3, 0.4) is 0 Å². The first-order valence-corrected chi connectivity index (χ1v) is 8.05. The first-order valence-electron chi connectivity index (χ1n) is 5.69. The van der Waals surface area contributed by atoms with Gasteiger partial charge in [-0.1, -0.05) is 20.8 Å². The zero-order chi connectivity index (χ0) is 14.3. The highest BCUT2D eigenvalue weighted by Gasteiger charge is 2.22. The average Bonchev–Trinajstić information content (AvgIpc) is 2.85. The molecule has 0 saturated heterocycles. The number of thiazole rings is 1. The molecule has 0 amide bonds. The minimum atomic E-state index is -3.63. The summed E-state index contributed by atoms with van der Waals surface area (Å²) in [6, 6.07) is 0. The maximum atomic E-state index is 12.1. The number of nitrogens with one attached hydrogen (secondary N) is 2. The Morgan fingerprint density at radius 2 is 2.05 bits per heavy atom. The molecule has 0 spiro atoms. The predicted octanol–water partition coefficient (Wildman–Crippen LogP) is 2.27. The summed E-state index contributed by atoms with van der Waals surface area (Å²) >= 11 is 1.27. The van der Waals surface area contributed by atoms with E-state index < -0.39 is 10.0 Å². The van der Waals surface area contributed by atoms with Crippen LogP contribution in [0.2, 0.25) is 0 Å². The number of anilines is 1. The molecule has 0 aromatic carbocycles. The van der Waals surface area contributed by atoms with Crippen LogP contribution < -0.4 is 4.72 Å². The van der Waals surface area contributed by atoms with Crippen LogP contribution in [-0.2, 0) is 15.4 Å². The fourth-order valence-corrected chi connectivity index (χ4v) is 3.77. The van der Waals surface area contributed by atoms with Crippen molar-refractivity contribution < 1.29 is 8.42 Å². The molecule has 0 aliphatic rings. The third kappa shape index (κ3) is 2.95. The van der Waals surface area contributed by atoms with Crippen molar-refractivity contribution in [1.82, 2.24) is 15.2 Å². The molecule has 0 bridgehead atoms. The second-order valence-corrected chi connectivity index (χ2v) is 7.76.